The van der Waals surface area contributed by atoms with E-state index in [1.165, 1.54) is 24.3 Å². The molecule has 0 heterocycles. The number of esters is 1. The molecule has 2 saturated carbocycles. The average Bonchev–Trinajstić information content (AvgIpc) is 3.25. The summed E-state index contributed by atoms with van der Waals surface area (Å²) in [4.78, 5) is 25.3. The van der Waals surface area contributed by atoms with Gasteiger partial charge in [0.05, 0.1) is 5.60 Å². The van der Waals surface area contributed by atoms with Gasteiger partial charge in [-0.1, -0.05) is 68.4 Å². The van der Waals surface area contributed by atoms with Crippen molar-refractivity contribution in [3.63, 3.8) is 0 Å². The molecule has 2 aromatic carbocycles. The third-order valence-electron chi connectivity index (χ3n) is 7.44. The molecule has 0 aromatic heterocycles. The molecule has 4 nitrogen and oxygen atoms in total. The van der Waals surface area contributed by atoms with Crippen LogP contribution in [0.4, 0.5) is 4.39 Å². The van der Waals surface area contributed by atoms with Gasteiger partial charge >= 0.3 is 5.97 Å². The topological polar surface area (TPSA) is 63.6 Å². The fourth-order valence-electron chi connectivity index (χ4n) is 5.02. The van der Waals surface area contributed by atoms with E-state index in [1.807, 2.05) is 6.07 Å². The summed E-state index contributed by atoms with van der Waals surface area (Å²) in [6.07, 6.45) is 0.343. The number of ketones is 1. The second-order valence-corrected chi connectivity index (χ2v) is 10.0. The lowest BCUT2D eigenvalue weighted by atomic mass is 9.83. The number of fused-ring (bicyclic) bond motifs is 1. The van der Waals surface area contributed by atoms with E-state index in [1.54, 1.807) is 31.2 Å². The summed E-state index contributed by atoms with van der Waals surface area (Å²) in [5.74, 6) is -0.407. The van der Waals surface area contributed by atoms with E-state index in [0.29, 0.717) is 35.8 Å². The molecule has 1 N–H and O–H groups in total. The third-order valence-corrected chi connectivity index (χ3v) is 7.44. The van der Waals surface area contributed by atoms with Gasteiger partial charge in [0.15, 0.2) is 5.78 Å². The number of halogens is 1. The fourth-order valence-corrected chi connectivity index (χ4v) is 5.02. The maximum absolute atomic E-state index is 15.5. The van der Waals surface area contributed by atoms with Crippen molar-refractivity contribution in [2.45, 2.75) is 57.9 Å². The van der Waals surface area contributed by atoms with E-state index in [2.05, 4.69) is 13.8 Å². The van der Waals surface area contributed by atoms with Gasteiger partial charge < -0.3 is 9.84 Å². The lowest BCUT2D eigenvalue weighted by Gasteiger charge is -2.37. The summed E-state index contributed by atoms with van der Waals surface area (Å²) in [5, 5.41) is 10.8. The Hall–Kier alpha value is -2.53. The van der Waals surface area contributed by atoms with Crippen LogP contribution in [0.25, 0.3) is 0 Å². The van der Waals surface area contributed by atoms with Crippen molar-refractivity contribution in [3.8, 4) is 0 Å². The number of ether oxygens (including phenoxy) is 1. The van der Waals surface area contributed by atoms with E-state index in [4.69, 9.17) is 4.74 Å². The molecule has 0 aliphatic heterocycles. The maximum atomic E-state index is 15.5. The number of alkyl halides is 1. The lowest BCUT2D eigenvalue weighted by molar-refractivity contribution is -0.182. The normalized spacial score (nSPS) is 30.6. The number of carbonyl (C=O) groups is 2. The third kappa shape index (κ3) is 3.80. The Morgan fingerprint density at radius 1 is 1.00 bits per heavy atom. The SMILES string of the molecule is CC1(C)[C@@H]2C[C@@H](OC(=O)[C@](C)(F)c3ccc(C(=O)c4ccccc4)cc3)[C@](C)(O)C[C@@H]21. The van der Waals surface area contributed by atoms with Crippen LogP contribution < -0.4 is 0 Å². The first-order valence-corrected chi connectivity index (χ1v) is 10.8. The number of rotatable bonds is 5. The Morgan fingerprint density at radius 3 is 2.19 bits per heavy atom. The Bertz CT molecular complexity index is 992. The molecule has 0 amide bonds. The van der Waals surface area contributed by atoms with Crippen molar-refractivity contribution >= 4 is 11.8 Å². The van der Waals surface area contributed by atoms with Crippen LogP contribution in [0.3, 0.4) is 0 Å². The van der Waals surface area contributed by atoms with Gasteiger partial charge in [0, 0.05) is 16.7 Å². The Kier molecular flexibility index (Phi) is 5.08. The van der Waals surface area contributed by atoms with Crippen LogP contribution in [0.15, 0.2) is 54.6 Å². The van der Waals surface area contributed by atoms with Crippen molar-refractivity contribution in [2.24, 2.45) is 17.3 Å². The number of benzene rings is 2. The van der Waals surface area contributed by atoms with Crippen LogP contribution in [-0.4, -0.2) is 28.6 Å². The summed E-state index contributed by atoms with van der Waals surface area (Å²) in [7, 11) is 0. The second kappa shape index (κ2) is 7.27. The quantitative estimate of drug-likeness (QED) is 0.552. The smallest absolute Gasteiger partial charge is 0.348 e. The van der Waals surface area contributed by atoms with Gasteiger partial charge in [-0.25, -0.2) is 9.18 Å². The van der Waals surface area contributed by atoms with E-state index in [0.717, 1.165) is 6.92 Å². The molecule has 0 unspecified atom stereocenters. The minimum absolute atomic E-state index is 0.113. The number of hydrogen-bond acceptors (Lipinski definition) is 4. The van der Waals surface area contributed by atoms with Gasteiger partial charge in [-0.15, -0.1) is 0 Å². The molecule has 0 saturated heterocycles. The molecule has 31 heavy (non-hydrogen) atoms. The summed E-state index contributed by atoms with van der Waals surface area (Å²) >= 11 is 0. The highest BCUT2D eigenvalue weighted by molar-refractivity contribution is 6.09. The van der Waals surface area contributed by atoms with Gasteiger partial charge in [0.1, 0.15) is 6.10 Å². The van der Waals surface area contributed by atoms with Crippen molar-refractivity contribution in [2.75, 3.05) is 0 Å². The first kappa shape index (κ1) is 21.7. The molecule has 0 radical (unpaired) electrons. The van der Waals surface area contributed by atoms with Crippen molar-refractivity contribution in [3.05, 3.63) is 71.3 Å². The zero-order valence-corrected chi connectivity index (χ0v) is 18.4. The molecule has 2 aromatic rings. The van der Waals surface area contributed by atoms with Gasteiger partial charge in [-0.2, -0.15) is 0 Å². The van der Waals surface area contributed by atoms with Crippen LogP contribution in [-0.2, 0) is 15.2 Å². The van der Waals surface area contributed by atoms with E-state index >= 15 is 4.39 Å². The van der Waals surface area contributed by atoms with Crippen molar-refractivity contribution in [1.82, 2.24) is 0 Å². The fraction of sp³-hybridized carbons (Fsp3) is 0.462. The minimum atomic E-state index is -2.39. The molecular formula is C26H29FO4. The average molecular weight is 425 g/mol. The standard InChI is InChI=1S/C26H29FO4/c1-24(2)19-14-21(25(3,30)15-20(19)24)31-23(29)26(4,27)18-12-10-17(11-13-18)22(28)16-8-6-5-7-9-16/h5-13,19-21,30H,14-15H2,1-4H3/t19-,20+,21-,25-,26-/m1/s1. The summed E-state index contributed by atoms with van der Waals surface area (Å²) in [6, 6.07) is 14.7. The number of carbonyl (C=O) groups excluding carboxylic acids is 2. The van der Waals surface area contributed by atoms with Crippen LogP contribution in [0.1, 0.15) is 62.0 Å². The molecule has 2 aliphatic carbocycles. The van der Waals surface area contributed by atoms with Crippen molar-refractivity contribution in [1.29, 1.82) is 0 Å². The molecular weight excluding hydrogens is 395 g/mol. The number of hydrogen-bond donors (Lipinski definition) is 1. The predicted octanol–water partition coefficient (Wildman–Crippen LogP) is 4.83. The van der Waals surface area contributed by atoms with E-state index < -0.39 is 23.3 Å². The highest BCUT2D eigenvalue weighted by atomic mass is 19.1. The molecule has 5 atom stereocenters. The lowest BCUT2D eigenvalue weighted by Crippen LogP contribution is -2.47. The van der Waals surface area contributed by atoms with Crippen LogP contribution in [0.5, 0.6) is 0 Å². The highest BCUT2D eigenvalue weighted by Crippen LogP contribution is 2.66. The Balaban J connectivity index is 1.48. The molecule has 2 aliphatic rings. The molecule has 4 rings (SSSR count). The molecule has 0 bridgehead atoms. The van der Waals surface area contributed by atoms with Gasteiger partial charge in [0.25, 0.3) is 0 Å². The first-order valence-electron chi connectivity index (χ1n) is 10.8. The molecule has 0 spiro atoms. The largest absolute Gasteiger partial charge is 0.457 e. The summed E-state index contributed by atoms with van der Waals surface area (Å²) in [5.41, 5.74) is -2.38. The predicted molar refractivity (Wildman–Crippen MR) is 115 cm³/mol. The van der Waals surface area contributed by atoms with Crippen LogP contribution in [0.2, 0.25) is 0 Å². The van der Waals surface area contributed by atoms with E-state index in [-0.39, 0.29) is 16.8 Å². The van der Waals surface area contributed by atoms with Gasteiger partial charge in [0.2, 0.25) is 5.67 Å². The molecule has 5 heteroatoms. The highest BCUT2D eigenvalue weighted by Gasteiger charge is 2.65. The summed E-state index contributed by atoms with van der Waals surface area (Å²) < 4.78 is 21.0. The van der Waals surface area contributed by atoms with Crippen LogP contribution >= 0.6 is 0 Å². The number of aliphatic hydroxyl groups is 1. The molecule has 2 fully saturated rings. The van der Waals surface area contributed by atoms with Crippen LogP contribution in [0, 0.1) is 17.3 Å². The van der Waals surface area contributed by atoms with E-state index in [9.17, 15) is 14.7 Å². The van der Waals surface area contributed by atoms with Gasteiger partial charge in [-0.05, 0) is 43.9 Å². The van der Waals surface area contributed by atoms with Crippen molar-refractivity contribution < 1.29 is 23.8 Å². The molecule has 164 valence electrons. The summed E-state index contributed by atoms with van der Waals surface area (Å²) in [6.45, 7) is 7.13. The Labute approximate surface area is 182 Å². The monoisotopic (exact) mass is 424 g/mol. The first-order chi connectivity index (χ1) is 14.4. The zero-order chi connectivity index (χ0) is 22.6. The second-order valence-electron chi connectivity index (χ2n) is 10.0. The zero-order valence-electron chi connectivity index (χ0n) is 18.4. The maximum Gasteiger partial charge on any atom is 0.348 e. The minimum Gasteiger partial charge on any atom is -0.457 e. The Morgan fingerprint density at radius 2 is 1.58 bits per heavy atom. The van der Waals surface area contributed by atoms with Gasteiger partial charge in [-0.3, -0.25) is 4.79 Å².